The van der Waals surface area contributed by atoms with Gasteiger partial charge in [0.25, 0.3) is 11.6 Å². The van der Waals surface area contributed by atoms with Crippen molar-refractivity contribution >= 4 is 28.3 Å². The molecule has 0 aliphatic heterocycles. The van der Waals surface area contributed by atoms with Gasteiger partial charge in [-0.1, -0.05) is 24.3 Å². The van der Waals surface area contributed by atoms with Gasteiger partial charge in [-0.05, 0) is 18.2 Å². The van der Waals surface area contributed by atoms with Crippen LogP contribution >= 0.6 is 0 Å². The van der Waals surface area contributed by atoms with Crippen molar-refractivity contribution in [1.82, 2.24) is 0 Å². The minimum Gasteiger partial charge on any atom is -0.493 e. The fourth-order valence-electron chi connectivity index (χ4n) is 2.39. The zero-order valence-corrected chi connectivity index (χ0v) is 13.1. The summed E-state index contributed by atoms with van der Waals surface area (Å²) in [5.74, 6) is -0.232. The fourth-order valence-corrected chi connectivity index (χ4v) is 2.39. The maximum absolute atomic E-state index is 12.5. The zero-order valence-electron chi connectivity index (χ0n) is 13.1. The Morgan fingerprint density at radius 3 is 2.72 bits per heavy atom. The Labute approximate surface area is 141 Å². The van der Waals surface area contributed by atoms with E-state index in [-0.39, 0.29) is 22.5 Å². The van der Waals surface area contributed by atoms with E-state index in [9.17, 15) is 14.9 Å². The fraction of sp³-hybridized carbons (Fsp3) is 0.0588. The average molecular weight is 339 g/mol. The summed E-state index contributed by atoms with van der Waals surface area (Å²) in [4.78, 5) is 22.9. The molecule has 0 unspecified atom stereocenters. The van der Waals surface area contributed by atoms with E-state index in [2.05, 4.69) is 5.32 Å². The number of carbonyl (C=O) groups is 1. The number of methoxy groups -OCH3 is 1. The molecule has 0 bridgehead atoms. The molecule has 3 aromatic rings. The molecule has 126 valence electrons. The summed E-state index contributed by atoms with van der Waals surface area (Å²) in [7, 11) is 1.48. The topological polar surface area (TPSA) is 118 Å². The number of ether oxygens (including phenoxy) is 1. The number of carbonyl (C=O) groups excluding carboxylic acids is 1. The number of hydrogen-bond acceptors (Lipinski definition) is 6. The second kappa shape index (κ2) is 6.44. The predicted molar refractivity (Wildman–Crippen MR) is 89.7 cm³/mol. The Morgan fingerprint density at radius 2 is 2.00 bits per heavy atom. The summed E-state index contributed by atoms with van der Waals surface area (Å²) in [5, 5.41) is 22.0. The molecule has 0 saturated carbocycles. The largest absolute Gasteiger partial charge is 0.493 e. The first kappa shape index (κ1) is 16.2. The molecule has 8 nitrogen and oxygen atoms in total. The number of hydrogen-bond donors (Lipinski definition) is 2. The Balaban J connectivity index is 2.02. The van der Waals surface area contributed by atoms with Gasteiger partial charge in [-0.15, -0.1) is 0 Å². The van der Waals surface area contributed by atoms with E-state index in [1.807, 2.05) is 0 Å². The lowest BCUT2D eigenvalue weighted by Crippen LogP contribution is -2.21. The first-order valence-corrected chi connectivity index (χ1v) is 7.21. The molecule has 25 heavy (non-hydrogen) atoms. The van der Waals surface area contributed by atoms with Crippen LogP contribution in [0, 0.1) is 15.5 Å². The molecular weight excluding hydrogens is 326 g/mol. The second-order valence-corrected chi connectivity index (χ2v) is 5.10. The van der Waals surface area contributed by atoms with Gasteiger partial charge in [-0.3, -0.25) is 20.3 Å². The lowest BCUT2D eigenvalue weighted by Gasteiger charge is -2.08. The van der Waals surface area contributed by atoms with Gasteiger partial charge in [0, 0.05) is 11.5 Å². The maximum atomic E-state index is 12.5. The summed E-state index contributed by atoms with van der Waals surface area (Å²) in [6, 6.07) is 12.4. The van der Waals surface area contributed by atoms with Crippen LogP contribution in [0.5, 0.6) is 5.75 Å². The first-order chi connectivity index (χ1) is 12.0. The van der Waals surface area contributed by atoms with Crippen LogP contribution in [0.2, 0.25) is 0 Å². The first-order valence-electron chi connectivity index (χ1n) is 7.21. The van der Waals surface area contributed by atoms with Crippen LogP contribution in [0.25, 0.3) is 11.0 Å². The van der Waals surface area contributed by atoms with E-state index in [0.717, 1.165) is 0 Å². The summed E-state index contributed by atoms with van der Waals surface area (Å²) < 4.78 is 10.6. The number of nitrogens with one attached hydrogen (secondary N) is 2. The van der Waals surface area contributed by atoms with Crippen molar-refractivity contribution in [2.24, 2.45) is 0 Å². The standard InChI is InChI=1S/C17H13N3O5/c1-24-14-8-4-5-10-9-11(16(18)25-15(10)14)17(21)19-12-6-2-3-7-13(12)20(22)23/h2-9,18H,1H3,(H,19,21). The van der Waals surface area contributed by atoms with Crippen LogP contribution < -0.4 is 15.6 Å². The molecule has 2 N–H and O–H groups in total. The smallest absolute Gasteiger partial charge is 0.292 e. The van der Waals surface area contributed by atoms with E-state index in [1.54, 1.807) is 24.3 Å². The summed E-state index contributed by atoms with van der Waals surface area (Å²) in [6.07, 6.45) is 0. The van der Waals surface area contributed by atoms with Crippen LogP contribution in [0.4, 0.5) is 11.4 Å². The van der Waals surface area contributed by atoms with E-state index >= 15 is 0 Å². The molecule has 0 fully saturated rings. The minimum atomic E-state index is -0.673. The number of nitro groups is 1. The van der Waals surface area contributed by atoms with Crippen molar-refractivity contribution in [3.05, 3.63) is 69.8 Å². The lowest BCUT2D eigenvalue weighted by molar-refractivity contribution is -0.383. The van der Waals surface area contributed by atoms with Gasteiger partial charge in [0.15, 0.2) is 11.3 Å². The summed E-state index contributed by atoms with van der Waals surface area (Å²) >= 11 is 0. The number of rotatable bonds is 4. The average Bonchev–Trinajstić information content (AvgIpc) is 2.60. The van der Waals surface area contributed by atoms with Gasteiger partial charge in [0.05, 0.1) is 12.0 Å². The predicted octanol–water partition coefficient (Wildman–Crippen LogP) is 3.08. The summed E-state index contributed by atoms with van der Waals surface area (Å²) in [6.45, 7) is 0. The van der Waals surface area contributed by atoms with Crippen molar-refractivity contribution in [2.45, 2.75) is 0 Å². The highest BCUT2D eigenvalue weighted by atomic mass is 16.6. The second-order valence-electron chi connectivity index (χ2n) is 5.10. The molecule has 0 spiro atoms. The number of anilines is 1. The van der Waals surface area contributed by atoms with Crippen LogP contribution in [0.1, 0.15) is 10.4 Å². The lowest BCUT2D eigenvalue weighted by atomic mass is 10.1. The number of para-hydroxylation sites is 3. The quantitative estimate of drug-likeness (QED) is 0.559. The van der Waals surface area contributed by atoms with Crippen LogP contribution in [-0.4, -0.2) is 17.9 Å². The Morgan fingerprint density at radius 1 is 1.24 bits per heavy atom. The highest BCUT2D eigenvalue weighted by molar-refractivity contribution is 6.06. The number of nitrogens with zero attached hydrogens (tertiary/aromatic N) is 1. The molecule has 1 aromatic heterocycles. The van der Waals surface area contributed by atoms with Crippen molar-refractivity contribution < 1.29 is 18.9 Å². The number of nitro benzene ring substituents is 1. The van der Waals surface area contributed by atoms with E-state index in [4.69, 9.17) is 14.6 Å². The van der Waals surface area contributed by atoms with Crippen LogP contribution in [0.3, 0.4) is 0 Å². The van der Waals surface area contributed by atoms with Crippen molar-refractivity contribution in [1.29, 1.82) is 5.41 Å². The molecule has 1 heterocycles. The van der Waals surface area contributed by atoms with Crippen molar-refractivity contribution in [2.75, 3.05) is 12.4 Å². The number of fused-ring (bicyclic) bond motifs is 1. The highest BCUT2D eigenvalue weighted by Crippen LogP contribution is 2.26. The van der Waals surface area contributed by atoms with Gasteiger partial charge >= 0.3 is 0 Å². The van der Waals surface area contributed by atoms with Gasteiger partial charge in [-0.2, -0.15) is 0 Å². The van der Waals surface area contributed by atoms with E-state index in [0.29, 0.717) is 16.7 Å². The molecule has 0 atom stereocenters. The van der Waals surface area contributed by atoms with Crippen molar-refractivity contribution in [3.8, 4) is 5.75 Å². The third-order valence-corrected chi connectivity index (χ3v) is 3.57. The molecule has 8 heteroatoms. The maximum Gasteiger partial charge on any atom is 0.292 e. The molecule has 3 rings (SSSR count). The van der Waals surface area contributed by atoms with Gasteiger partial charge in [-0.25, -0.2) is 0 Å². The third kappa shape index (κ3) is 3.05. The highest BCUT2D eigenvalue weighted by Gasteiger charge is 2.18. The Hall–Kier alpha value is -3.68. The molecule has 0 saturated heterocycles. The molecule has 0 aliphatic rings. The molecule has 2 aromatic carbocycles. The van der Waals surface area contributed by atoms with E-state index in [1.165, 1.54) is 31.4 Å². The van der Waals surface area contributed by atoms with Gasteiger partial charge < -0.3 is 14.5 Å². The van der Waals surface area contributed by atoms with Crippen molar-refractivity contribution in [3.63, 3.8) is 0 Å². The minimum absolute atomic E-state index is 0.0427. The summed E-state index contributed by atoms with van der Waals surface area (Å²) in [5.41, 5.74) is -0.256. The molecule has 0 radical (unpaired) electrons. The van der Waals surface area contributed by atoms with Crippen LogP contribution in [0.15, 0.2) is 52.9 Å². The normalized spacial score (nSPS) is 10.4. The van der Waals surface area contributed by atoms with Gasteiger partial charge in [0.1, 0.15) is 11.3 Å². The zero-order chi connectivity index (χ0) is 18.0. The number of amides is 1. The van der Waals surface area contributed by atoms with Gasteiger partial charge in [0.2, 0.25) is 5.55 Å². The number of benzene rings is 2. The Kier molecular flexibility index (Phi) is 4.17. The SMILES string of the molecule is COc1cccc2cc(C(=O)Nc3ccccc3[N+](=O)[O-])c(=N)oc12. The Bertz CT molecular complexity index is 1040. The van der Waals surface area contributed by atoms with Crippen LogP contribution in [-0.2, 0) is 0 Å². The monoisotopic (exact) mass is 339 g/mol. The molecular formula is C17H13N3O5. The third-order valence-electron chi connectivity index (χ3n) is 3.57. The molecule has 0 aliphatic carbocycles. The molecule has 1 amide bonds. The van der Waals surface area contributed by atoms with E-state index < -0.39 is 10.8 Å².